The molecule has 0 radical (unpaired) electrons. The minimum absolute atomic E-state index is 0.164. The number of aromatic nitrogens is 2. The third kappa shape index (κ3) is 3.93. The van der Waals surface area contributed by atoms with Crippen molar-refractivity contribution < 1.29 is 14.3 Å². The normalized spacial score (nSPS) is 15.2. The Morgan fingerprint density at radius 2 is 2.04 bits per heavy atom. The first-order valence-electron chi connectivity index (χ1n) is 8.05. The number of amides is 1. The lowest BCUT2D eigenvalue weighted by Gasteiger charge is -2.26. The smallest absolute Gasteiger partial charge is 0.270 e. The van der Waals surface area contributed by atoms with Crippen molar-refractivity contribution in [2.45, 2.75) is 0 Å². The topological polar surface area (TPSA) is 68.6 Å². The summed E-state index contributed by atoms with van der Waals surface area (Å²) in [7, 11) is 1.54. The lowest BCUT2D eigenvalue weighted by atomic mass is 10.3. The molecule has 1 aliphatic heterocycles. The van der Waals surface area contributed by atoms with Crippen molar-refractivity contribution in [1.82, 2.24) is 20.0 Å². The number of ether oxygens (including phenoxy) is 2. The molecule has 1 aromatic heterocycles. The fourth-order valence-corrected chi connectivity index (χ4v) is 2.63. The molecule has 1 amide bonds. The summed E-state index contributed by atoms with van der Waals surface area (Å²) in [5.74, 6) is 0.250. The minimum Gasteiger partial charge on any atom is -0.480 e. The first kappa shape index (κ1) is 16.5. The highest BCUT2D eigenvalue weighted by Gasteiger charge is 2.17. The number of para-hydroxylation sites is 1. The summed E-state index contributed by atoms with van der Waals surface area (Å²) in [4.78, 5) is 14.8. The van der Waals surface area contributed by atoms with E-state index in [0.29, 0.717) is 18.1 Å². The van der Waals surface area contributed by atoms with Gasteiger partial charge in [-0.2, -0.15) is 0 Å². The molecule has 7 nitrogen and oxygen atoms in total. The van der Waals surface area contributed by atoms with Crippen LogP contribution >= 0.6 is 0 Å². The number of hydrogen-bond donors (Lipinski definition) is 1. The van der Waals surface area contributed by atoms with Crippen LogP contribution in [0.3, 0.4) is 0 Å². The molecule has 0 atom stereocenters. The number of methoxy groups -OCH3 is 1. The van der Waals surface area contributed by atoms with Crippen LogP contribution in [0.5, 0.6) is 5.88 Å². The van der Waals surface area contributed by atoms with Crippen molar-refractivity contribution in [3.63, 3.8) is 0 Å². The Morgan fingerprint density at radius 1 is 1.29 bits per heavy atom. The maximum atomic E-state index is 12.5. The number of benzene rings is 1. The number of carbonyl (C=O) groups is 1. The van der Waals surface area contributed by atoms with E-state index in [0.717, 1.165) is 38.5 Å². The molecule has 0 aliphatic carbocycles. The van der Waals surface area contributed by atoms with Crippen LogP contribution in [-0.2, 0) is 4.74 Å². The van der Waals surface area contributed by atoms with Crippen LogP contribution in [-0.4, -0.2) is 67.1 Å². The summed E-state index contributed by atoms with van der Waals surface area (Å²) >= 11 is 0. The Hall–Kier alpha value is -2.38. The number of carbonyl (C=O) groups excluding carboxylic acids is 1. The number of rotatable bonds is 6. The largest absolute Gasteiger partial charge is 0.480 e. The van der Waals surface area contributed by atoms with Crippen LogP contribution in [0.1, 0.15) is 10.5 Å². The highest BCUT2D eigenvalue weighted by Crippen LogP contribution is 2.16. The number of morpholine rings is 1. The maximum Gasteiger partial charge on any atom is 0.270 e. The van der Waals surface area contributed by atoms with Crippen LogP contribution < -0.4 is 10.1 Å². The van der Waals surface area contributed by atoms with E-state index in [1.165, 1.54) is 7.11 Å². The summed E-state index contributed by atoms with van der Waals surface area (Å²) < 4.78 is 12.1. The minimum atomic E-state index is -0.164. The predicted molar refractivity (Wildman–Crippen MR) is 89.7 cm³/mol. The van der Waals surface area contributed by atoms with Gasteiger partial charge in [0.2, 0.25) is 5.88 Å². The van der Waals surface area contributed by atoms with Crippen LogP contribution in [0.25, 0.3) is 5.69 Å². The SMILES string of the molecule is COc1cc(C(=O)NCCN2CCOCC2)n(-c2ccccc2)n1. The fourth-order valence-electron chi connectivity index (χ4n) is 2.63. The van der Waals surface area contributed by atoms with E-state index < -0.39 is 0 Å². The van der Waals surface area contributed by atoms with Gasteiger partial charge in [-0.05, 0) is 12.1 Å². The van der Waals surface area contributed by atoms with Gasteiger partial charge in [0.25, 0.3) is 5.91 Å². The van der Waals surface area contributed by atoms with Gasteiger partial charge in [0.05, 0.1) is 26.0 Å². The Balaban J connectivity index is 1.66. The van der Waals surface area contributed by atoms with Gasteiger partial charge in [-0.1, -0.05) is 18.2 Å². The molecule has 128 valence electrons. The molecule has 0 bridgehead atoms. The van der Waals surface area contributed by atoms with Crippen molar-refractivity contribution >= 4 is 5.91 Å². The molecule has 24 heavy (non-hydrogen) atoms. The molecular formula is C17H22N4O3. The Morgan fingerprint density at radius 3 is 2.75 bits per heavy atom. The van der Waals surface area contributed by atoms with Crippen molar-refractivity contribution in [1.29, 1.82) is 0 Å². The molecule has 0 saturated carbocycles. The van der Waals surface area contributed by atoms with Crippen LogP contribution in [0.2, 0.25) is 0 Å². The maximum absolute atomic E-state index is 12.5. The Bertz CT molecular complexity index is 666. The summed E-state index contributed by atoms with van der Waals surface area (Å²) in [6.45, 7) is 4.72. The van der Waals surface area contributed by atoms with Crippen LogP contribution in [0, 0.1) is 0 Å². The molecule has 2 heterocycles. The molecule has 1 N–H and O–H groups in total. The molecule has 0 spiro atoms. The summed E-state index contributed by atoms with van der Waals surface area (Å²) in [5.41, 5.74) is 1.28. The second-order valence-corrected chi connectivity index (χ2v) is 5.53. The van der Waals surface area contributed by atoms with Crippen molar-refractivity contribution in [2.75, 3.05) is 46.5 Å². The fraction of sp³-hybridized carbons (Fsp3) is 0.412. The quantitative estimate of drug-likeness (QED) is 0.854. The van der Waals surface area contributed by atoms with Gasteiger partial charge in [0.15, 0.2) is 0 Å². The molecule has 1 aliphatic rings. The monoisotopic (exact) mass is 330 g/mol. The van der Waals surface area contributed by atoms with Gasteiger partial charge in [-0.15, -0.1) is 5.10 Å². The number of nitrogens with zero attached hydrogens (tertiary/aromatic N) is 3. The third-order valence-corrected chi connectivity index (χ3v) is 3.95. The molecular weight excluding hydrogens is 308 g/mol. The molecule has 1 saturated heterocycles. The summed E-state index contributed by atoms with van der Waals surface area (Å²) in [6.07, 6.45) is 0. The average molecular weight is 330 g/mol. The molecule has 1 aromatic carbocycles. The first-order valence-corrected chi connectivity index (χ1v) is 8.05. The van der Waals surface area contributed by atoms with Gasteiger partial charge >= 0.3 is 0 Å². The molecule has 0 unspecified atom stereocenters. The van der Waals surface area contributed by atoms with Gasteiger partial charge < -0.3 is 14.8 Å². The summed E-state index contributed by atoms with van der Waals surface area (Å²) in [6, 6.07) is 11.2. The standard InChI is InChI=1S/C17H22N4O3/c1-23-16-13-15(21(19-16)14-5-3-2-4-6-14)17(22)18-7-8-20-9-11-24-12-10-20/h2-6,13H,7-12H2,1H3,(H,18,22). The third-order valence-electron chi connectivity index (χ3n) is 3.95. The van der Waals surface area contributed by atoms with E-state index in [1.54, 1.807) is 10.7 Å². The van der Waals surface area contributed by atoms with E-state index in [9.17, 15) is 4.79 Å². The second kappa shape index (κ2) is 7.94. The zero-order valence-electron chi connectivity index (χ0n) is 13.8. The van der Waals surface area contributed by atoms with E-state index in [4.69, 9.17) is 9.47 Å². The highest BCUT2D eigenvalue weighted by atomic mass is 16.5. The predicted octanol–water partition coefficient (Wildman–Crippen LogP) is 0.943. The number of nitrogens with one attached hydrogen (secondary N) is 1. The van der Waals surface area contributed by atoms with Crippen molar-refractivity contribution in [3.8, 4) is 11.6 Å². The molecule has 3 rings (SSSR count). The van der Waals surface area contributed by atoms with Gasteiger partial charge in [-0.3, -0.25) is 9.69 Å². The molecule has 7 heteroatoms. The van der Waals surface area contributed by atoms with E-state index in [2.05, 4.69) is 15.3 Å². The van der Waals surface area contributed by atoms with Gasteiger partial charge in [0.1, 0.15) is 5.69 Å². The first-order chi connectivity index (χ1) is 11.8. The van der Waals surface area contributed by atoms with Crippen molar-refractivity contribution in [2.24, 2.45) is 0 Å². The van der Waals surface area contributed by atoms with Crippen molar-refractivity contribution in [3.05, 3.63) is 42.1 Å². The Labute approximate surface area is 141 Å². The van der Waals surface area contributed by atoms with E-state index in [-0.39, 0.29) is 5.91 Å². The second-order valence-electron chi connectivity index (χ2n) is 5.53. The zero-order valence-corrected chi connectivity index (χ0v) is 13.8. The van der Waals surface area contributed by atoms with E-state index >= 15 is 0 Å². The number of hydrogen-bond acceptors (Lipinski definition) is 5. The zero-order chi connectivity index (χ0) is 16.8. The lowest BCUT2D eigenvalue weighted by Crippen LogP contribution is -2.41. The Kier molecular flexibility index (Phi) is 5.45. The highest BCUT2D eigenvalue weighted by molar-refractivity contribution is 5.93. The molecule has 1 fully saturated rings. The molecule has 2 aromatic rings. The van der Waals surface area contributed by atoms with Crippen LogP contribution in [0.4, 0.5) is 0 Å². The van der Waals surface area contributed by atoms with Gasteiger partial charge in [-0.25, -0.2) is 4.68 Å². The van der Waals surface area contributed by atoms with Gasteiger partial charge in [0, 0.05) is 32.2 Å². The summed E-state index contributed by atoms with van der Waals surface area (Å²) in [5, 5.41) is 7.28. The van der Waals surface area contributed by atoms with E-state index in [1.807, 2.05) is 30.3 Å². The lowest BCUT2D eigenvalue weighted by molar-refractivity contribution is 0.0383. The average Bonchev–Trinajstić information content (AvgIpc) is 3.08. The van der Waals surface area contributed by atoms with Crippen LogP contribution in [0.15, 0.2) is 36.4 Å².